The molecular formula is C7H12F6O6P2. The Morgan fingerprint density at radius 2 is 1.29 bits per heavy atom. The van der Waals surface area contributed by atoms with E-state index in [-0.39, 0.29) is 6.61 Å². The summed E-state index contributed by atoms with van der Waals surface area (Å²) in [4.78, 5) is 24.4. The largest absolute Gasteiger partial charge is 0.335 e. The molecule has 0 aromatic heterocycles. The average Bonchev–Trinajstić information content (AvgIpc) is 2.36. The average molecular weight is 368 g/mol. The number of rotatable bonds is 9. The molecule has 14 heteroatoms. The highest BCUT2D eigenvalue weighted by Crippen LogP contribution is 2.39. The van der Waals surface area contributed by atoms with Crippen molar-refractivity contribution in [2.45, 2.75) is 25.6 Å². The molecule has 6 nitrogen and oxygen atoms in total. The Morgan fingerprint density at radius 1 is 0.905 bits per heavy atom. The second-order valence-electron chi connectivity index (χ2n) is 2.66. The van der Waals surface area contributed by atoms with Gasteiger partial charge in [-0.05, 0) is 0 Å². The summed E-state index contributed by atoms with van der Waals surface area (Å²) in [6.07, 6.45) is -12.1. The van der Waals surface area contributed by atoms with Gasteiger partial charge < -0.3 is 19.2 Å². The van der Waals surface area contributed by atoms with Gasteiger partial charge in [0, 0.05) is 0 Å². The van der Waals surface area contributed by atoms with Crippen molar-refractivity contribution in [3.63, 3.8) is 0 Å². The molecule has 0 spiro atoms. The van der Waals surface area contributed by atoms with Crippen LogP contribution in [0.15, 0.2) is 12.7 Å². The first-order chi connectivity index (χ1) is 9.61. The molecule has 3 N–H and O–H groups in total. The zero-order valence-electron chi connectivity index (χ0n) is 10.0. The quantitative estimate of drug-likeness (QED) is 0.330. The first-order valence-electron chi connectivity index (χ1n) is 4.70. The minimum atomic E-state index is -3.58. The maximum atomic E-state index is 11.9. The highest BCUT2D eigenvalue weighted by atomic mass is 31.2. The molecule has 0 fully saturated rings. The summed E-state index contributed by atoms with van der Waals surface area (Å²) < 4.78 is 80.3. The van der Waals surface area contributed by atoms with Crippen LogP contribution in [0.25, 0.3) is 0 Å². The first-order valence-corrected chi connectivity index (χ1v) is 7.00. The Labute approximate surface area is 117 Å². The molecule has 2 unspecified atom stereocenters. The molecule has 0 aliphatic rings. The van der Waals surface area contributed by atoms with Crippen LogP contribution in [0.1, 0.15) is 0 Å². The van der Waals surface area contributed by atoms with E-state index in [9.17, 15) is 26.3 Å². The lowest BCUT2D eigenvalue weighted by Crippen LogP contribution is -2.18. The second-order valence-corrected chi connectivity index (χ2v) is 4.32. The minimum absolute atomic E-state index is 0.193. The highest BCUT2D eigenvalue weighted by molar-refractivity contribution is 7.40. The van der Waals surface area contributed by atoms with Crippen LogP contribution in [0.3, 0.4) is 0 Å². The number of hydrogen-bond donors (Lipinski definition) is 3. The Bertz CT molecular complexity index is 248. The third kappa shape index (κ3) is 16.1. The summed E-state index contributed by atoms with van der Waals surface area (Å²) in [5.41, 5.74) is 0. The summed E-state index contributed by atoms with van der Waals surface area (Å²) in [5, 5.41) is 0. The maximum Gasteiger partial charge on any atom is 0.335 e. The molecule has 128 valence electrons. The number of halogens is 6. The lowest BCUT2D eigenvalue weighted by Gasteiger charge is -2.15. The van der Waals surface area contributed by atoms with E-state index in [2.05, 4.69) is 20.2 Å². The minimum Gasteiger partial charge on any atom is -0.328 e. The van der Waals surface area contributed by atoms with Gasteiger partial charge in [-0.3, -0.25) is 9.05 Å². The standard InChI is InChI=1S/C4H5F6O3P.C3H7O3P/c5-1(6)3(9)12-14(11)13-4(10)2(7)8;1-2-3-6-7(4)5/h1-4,11H;2,4-5H,1,3H2. The van der Waals surface area contributed by atoms with Crippen molar-refractivity contribution in [3.8, 4) is 0 Å². The predicted molar refractivity (Wildman–Crippen MR) is 60.6 cm³/mol. The Morgan fingerprint density at radius 3 is 1.48 bits per heavy atom. The molecule has 0 saturated heterocycles. The van der Waals surface area contributed by atoms with Crippen LogP contribution < -0.4 is 0 Å². The Balaban J connectivity index is 0. The third-order valence-electron chi connectivity index (χ3n) is 1.09. The van der Waals surface area contributed by atoms with Crippen LogP contribution in [0.2, 0.25) is 0 Å². The van der Waals surface area contributed by atoms with Crippen molar-refractivity contribution < 1.29 is 54.6 Å². The summed E-state index contributed by atoms with van der Waals surface area (Å²) in [5.74, 6) is 0. The van der Waals surface area contributed by atoms with Gasteiger partial charge in [-0.1, -0.05) is 6.08 Å². The molecule has 0 radical (unpaired) electrons. The molecule has 0 aliphatic carbocycles. The Hall–Kier alpha value is -0.0600. The van der Waals surface area contributed by atoms with Crippen molar-refractivity contribution in [1.29, 1.82) is 0 Å². The summed E-state index contributed by atoms with van der Waals surface area (Å²) in [7, 11) is -5.61. The first kappa shape index (κ1) is 23.2. The summed E-state index contributed by atoms with van der Waals surface area (Å²) in [6.45, 7) is 3.49. The van der Waals surface area contributed by atoms with Crippen LogP contribution in [0.4, 0.5) is 26.3 Å². The fourth-order valence-corrected chi connectivity index (χ4v) is 1.23. The monoisotopic (exact) mass is 368 g/mol. The van der Waals surface area contributed by atoms with Crippen LogP contribution >= 0.6 is 17.2 Å². The summed E-state index contributed by atoms with van der Waals surface area (Å²) in [6, 6.07) is 0. The van der Waals surface area contributed by atoms with Gasteiger partial charge in [0.25, 0.3) is 25.6 Å². The maximum absolute atomic E-state index is 11.9. The van der Waals surface area contributed by atoms with Gasteiger partial charge in [-0.2, -0.15) is 0 Å². The van der Waals surface area contributed by atoms with Gasteiger partial charge >= 0.3 is 17.2 Å². The van der Waals surface area contributed by atoms with E-state index in [1.165, 1.54) is 6.08 Å². The smallest absolute Gasteiger partial charge is 0.328 e. The van der Waals surface area contributed by atoms with E-state index in [1.807, 2.05) is 0 Å². The molecule has 0 rings (SSSR count). The highest BCUT2D eigenvalue weighted by Gasteiger charge is 2.30. The van der Waals surface area contributed by atoms with Crippen molar-refractivity contribution in [2.75, 3.05) is 6.61 Å². The van der Waals surface area contributed by atoms with E-state index < -0.39 is 42.8 Å². The zero-order valence-corrected chi connectivity index (χ0v) is 11.8. The van der Waals surface area contributed by atoms with Crippen LogP contribution in [0, 0.1) is 0 Å². The third-order valence-corrected chi connectivity index (χ3v) is 2.23. The van der Waals surface area contributed by atoms with Crippen LogP contribution in [-0.4, -0.2) is 46.9 Å². The van der Waals surface area contributed by atoms with Gasteiger partial charge in [0.2, 0.25) is 0 Å². The van der Waals surface area contributed by atoms with E-state index in [4.69, 9.17) is 14.7 Å². The van der Waals surface area contributed by atoms with E-state index in [0.717, 1.165) is 0 Å². The molecule has 2 atom stereocenters. The molecular weight excluding hydrogens is 356 g/mol. The molecule has 0 bridgehead atoms. The van der Waals surface area contributed by atoms with Gasteiger partial charge in [-0.25, -0.2) is 26.3 Å². The van der Waals surface area contributed by atoms with Crippen molar-refractivity contribution >= 4 is 17.2 Å². The molecule has 21 heavy (non-hydrogen) atoms. The van der Waals surface area contributed by atoms with Crippen molar-refractivity contribution in [2.24, 2.45) is 0 Å². The van der Waals surface area contributed by atoms with Gasteiger partial charge in [-0.15, -0.1) is 6.58 Å². The number of hydrogen-bond acceptors (Lipinski definition) is 6. The predicted octanol–water partition coefficient (Wildman–Crippen LogP) is 2.76. The Kier molecular flexibility index (Phi) is 15.0. The van der Waals surface area contributed by atoms with Crippen molar-refractivity contribution in [1.82, 2.24) is 0 Å². The molecule has 0 saturated carbocycles. The molecule has 0 amide bonds. The topological polar surface area (TPSA) is 88.4 Å². The zero-order chi connectivity index (χ0) is 17.0. The van der Waals surface area contributed by atoms with Gasteiger partial charge in [0.15, 0.2) is 0 Å². The summed E-state index contributed by atoms with van der Waals surface area (Å²) >= 11 is 0. The molecule has 0 aliphatic heterocycles. The van der Waals surface area contributed by atoms with E-state index in [1.54, 1.807) is 0 Å². The van der Waals surface area contributed by atoms with E-state index >= 15 is 0 Å². The molecule has 0 aromatic carbocycles. The fraction of sp³-hybridized carbons (Fsp3) is 0.714. The van der Waals surface area contributed by atoms with Crippen LogP contribution in [-0.2, 0) is 13.6 Å². The van der Waals surface area contributed by atoms with Crippen LogP contribution in [0.5, 0.6) is 0 Å². The van der Waals surface area contributed by atoms with Gasteiger partial charge in [0.1, 0.15) is 0 Å². The number of alkyl halides is 6. The molecule has 0 heterocycles. The second kappa shape index (κ2) is 13.6. The lowest BCUT2D eigenvalue weighted by atomic mass is 10.7. The lowest BCUT2D eigenvalue weighted by molar-refractivity contribution is -0.104. The fourth-order valence-electron chi connectivity index (χ4n) is 0.409. The van der Waals surface area contributed by atoms with E-state index in [0.29, 0.717) is 0 Å². The van der Waals surface area contributed by atoms with Gasteiger partial charge in [0.05, 0.1) is 6.61 Å². The SMILES string of the molecule is C=CCOP(O)O.OP(OC(F)C(F)F)OC(F)C(F)F. The molecule has 0 aromatic rings. The normalized spacial score (nSPS) is 15.6. The van der Waals surface area contributed by atoms with Crippen molar-refractivity contribution in [3.05, 3.63) is 12.7 Å².